The summed E-state index contributed by atoms with van der Waals surface area (Å²) in [5.41, 5.74) is -0.844. The second-order valence-corrected chi connectivity index (χ2v) is 5.03. The van der Waals surface area contributed by atoms with Crippen LogP contribution in [0.15, 0.2) is 30.0 Å². The van der Waals surface area contributed by atoms with Gasteiger partial charge in [-0.3, -0.25) is 4.79 Å². The number of carbonyl (C=O) groups excluding carboxylic acids is 2. The third-order valence-electron chi connectivity index (χ3n) is 2.85. The second kappa shape index (κ2) is 4.87. The SMILES string of the molecule is COC(=O)C1=CC(=O)C(C)(c2cc(Cl)cc(Cl)c2)O1. The minimum absolute atomic E-state index is 0.133. The topological polar surface area (TPSA) is 52.6 Å². The Morgan fingerprint density at radius 1 is 1.26 bits per heavy atom. The van der Waals surface area contributed by atoms with Crippen molar-refractivity contribution in [3.63, 3.8) is 0 Å². The number of ether oxygens (including phenoxy) is 2. The van der Waals surface area contributed by atoms with Crippen molar-refractivity contribution in [2.45, 2.75) is 12.5 Å². The fourth-order valence-electron chi connectivity index (χ4n) is 1.79. The van der Waals surface area contributed by atoms with Crippen LogP contribution < -0.4 is 0 Å². The molecular formula is C13H10Cl2O4. The summed E-state index contributed by atoms with van der Waals surface area (Å²) in [6, 6.07) is 4.68. The van der Waals surface area contributed by atoms with Crippen molar-refractivity contribution < 1.29 is 19.1 Å². The number of carbonyl (C=O) groups is 2. The van der Waals surface area contributed by atoms with Gasteiger partial charge in [0, 0.05) is 21.7 Å². The standard InChI is InChI=1S/C13H10Cl2O4/c1-13(7-3-8(14)5-9(15)4-7)11(16)6-10(19-13)12(17)18-2/h3-6H,1-2H3. The van der Waals surface area contributed by atoms with Crippen LogP contribution in [0.25, 0.3) is 0 Å². The summed E-state index contributed by atoms with van der Waals surface area (Å²) in [5, 5.41) is 0.762. The fourth-order valence-corrected chi connectivity index (χ4v) is 2.31. The van der Waals surface area contributed by atoms with Crippen molar-refractivity contribution in [1.82, 2.24) is 0 Å². The van der Waals surface area contributed by atoms with Crippen LogP contribution in [0.5, 0.6) is 0 Å². The normalized spacial score (nSPS) is 21.9. The summed E-state index contributed by atoms with van der Waals surface area (Å²) in [7, 11) is 1.21. The second-order valence-electron chi connectivity index (χ2n) is 4.16. The molecule has 0 aliphatic carbocycles. The molecule has 0 fully saturated rings. The number of rotatable bonds is 2. The molecule has 0 spiro atoms. The zero-order chi connectivity index (χ0) is 14.2. The van der Waals surface area contributed by atoms with Crippen molar-refractivity contribution in [1.29, 1.82) is 0 Å². The Morgan fingerprint density at radius 2 is 1.84 bits per heavy atom. The molecule has 1 heterocycles. The van der Waals surface area contributed by atoms with Crippen molar-refractivity contribution in [3.05, 3.63) is 45.6 Å². The molecule has 0 radical (unpaired) electrons. The van der Waals surface area contributed by atoms with E-state index in [0.717, 1.165) is 6.08 Å². The Morgan fingerprint density at radius 3 is 2.37 bits per heavy atom. The maximum absolute atomic E-state index is 12.1. The van der Waals surface area contributed by atoms with Gasteiger partial charge < -0.3 is 9.47 Å². The highest BCUT2D eigenvalue weighted by atomic mass is 35.5. The Hall–Kier alpha value is -1.52. The number of methoxy groups -OCH3 is 1. The molecule has 0 aromatic heterocycles. The molecule has 4 nitrogen and oxygen atoms in total. The maximum Gasteiger partial charge on any atom is 0.373 e. The molecule has 0 saturated carbocycles. The lowest BCUT2D eigenvalue weighted by molar-refractivity contribution is -0.144. The first kappa shape index (κ1) is 13.9. The first-order valence-corrected chi connectivity index (χ1v) is 6.12. The predicted octanol–water partition coefficient (Wildman–Crippen LogP) is 2.86. The summed E-state index contributed by atoms with van der Waals surface area (Å²) >= 11 is 11.8. The third-order valence-corrected chi connectivity index (χ3v) is 3.28. The number of benzene rings is 1. The summed E-state index contributed by atoms with van der Waals surface area (Å²) in [5.74, 6) is -1.21. The van der Waals surface area contributed by atoms with Crippen LogP contribution in [-0.4, -0.2) is 18.9 Å². The highest BCUT2D eigenvalue weighted by Gasteiger charge is 2.44. The molecule has 6 heteroatoms. The zero-order valence-electron chi connectivity index (χ0n) is 10.2. The molecule has 0 N–H and O–H groups in total. The molecule has 1 atom stereocenters. The van der Waals surface area contributed by atoms with Crippen LogP contribution in [0.3, 0.4) is 0 Å². The van der Waals surface area contributed by atoms with E-state index in [2.05, 4.69) is 4.74 Å². The van der Waals surface area contributed by atoms with E-state index in [0.29, 0.717) is 15.6 Å². The minimum Gasteiger partial charge on any atom is -0.467 e. The first-order chi connectivity index (χ1) is 8.86. The summed E-state index contributed by atoms with van der Waals surface area (Å²) in [6.45, 7) is 1.55. The van der Waals surface area contributed by atoms with E-state index in [4.69, 9.17) is 27.9 Å². The number of ketones is 1. The molecular weight excluding hydrogens is 291 g/mol. The summed E-state index contributed by atoms with van der Waals surface area (Å²) in [4.78, 5) is 23.4. The number of halogens is 2. The lowest BCUT2D eigenvalue weighted by Gasteiger charge is -2.24. The average molecular weight is 301 g/mol. The van der Waals surface area contributed by atoms with Crippen molar-refractivity contribution in [2.75, 3.05) is 7.11 Å². The lowest BCUT2D eigenvalue weighted by Crippen LogP contribution is -2.30. The Labute approximate surface area is 119 Å². The van der Waals surface area contributed by atoms with Gasteiger partial charge in [0.1, 0.15) is 0 Å². The van der Waals surface area contributed by atoms with Crippen LogP contribution >= 0.6 is 23.2 Å². The predicted molar refractivity (Wildman–Crippen MR) is 70.0 cm³/mol. The van der Waals surface area contributed by atoms with Gasteiger partial charge in [0.05, 0.1) is 7.11 Å². The van der Waals surface area contributed by atoms with Crippen LogP contribution in [-0.2, 0) is 24.7 Å². The molecule has 1 aromatic carbocycles. The molecule has 0 saturated heterocycles. The van der Waals surface area contributed by atoms with E-state index < -0.39 is 11.6 Å². The minimum atomic E-state index is -1.32. The van der Waals surface area contributed by atoms with E-state index in [1.54, 1.807) is 25.1 Å². The number of hydrogen-bond acceptors (Lipinski definition) is 4. The monoisotopic (exact) mass is 300 g/mol. The molecule has 0 bridgehead atoms. The van der Waals surface area contributed by atoms with Crippen LogP contribution in [0, 0.1) is 0 Å². The van der Waals surface area contributed by atoms with Gasteiger partial charge in [-0.2, -0.15) is 0 Å². The molecule has 0 amide bonds. The van der Waals surface area contributed by atoms with E-state index in [1.165, 1.54) is 7.11 Å². The zero-order valence-corrected chi connectivity index (χ0v) is 11.7. The van der Waals surface area contributed by atoms with Crippen LogP contribution in [0.2, 0.25) is 10.0 Å². The fraction of sp³-hybridized carbons (Fsp3) is 0.231. The highest BCUT2D eigenvalue weighted by molar-refractivity contribution is 6.34. The van der Waals surface area contributed by atoms with Crippen LogP contribution in [0.1, 0.15) is 12.5 Å². The molecule has 19 heavy (non-hydrogen) atoms. The highest BCUT2D eigenvalue weighted by Crippen LogP contribution is 2.37. The van der Waals surface area contributed by atoms with Gasteiger partial charge in [0.15, 0.2) is 5.60 Å². The summed E-state index contributed by atoms with van der Waals surface area (Å²) in [6.07, 6.45) is 1.11. The quantitative estimate of drug-likeness (QED) is 0.788. The molecule has 1 aliphatic heterocycles. The van der Waals surface area contributed by atoms with E-state index in [1.807, 2.05) is 0 Å². The number of hydrogen-bond donors (Lipinski definition) is 0. The molecule has 2 rings (SSSR count). The maximum atomic E-state index is 12.1. The van der Waals surface area contributed by atoms with Gasteiger partial charge in [-0.05, 0) is 25.1 Å². The Balaban J connectivity index is 2.40. The van der Waals surface area contributed by atoms with Gasteiger partial charge in [-0.15, -0.1) is 0 Å². The van der Waals surface area contributed by atoms with Crippen molar-refractivity contribution in [2.24, 2.45) is 0 Å². The summed E-state index contributed by atoms with van der Waals surface area (Å²) < 4.78 is 9.95. The molecule has 1 aliphatic rings. The first-order valence-electron chi connectivity index (χ1n) is 5.37. The van der Waals surface area contributed by atoms with Crippen LogP contribution in [0.4, 0.5) is 0 Å². The van der Waals surface area contributed by atoms with Gasteiger partial charge in [-0.1, -0.05) is 23.2 Å². The van der Waals surface area contributed by atoms with E-state index in [9.17, 15) is 9.59 Å². The average Bonchev–Trinajstić information content (AvgIpc) is 2.65. The van der Waals surface area contributed by atoms with E-state index >= 15 is 0 Å². The molecule has 100 valence electrons. The Kier molecular flexibility index (Phi) is 3.56. The van der Waals surface area contributed by atoms with Crippen molar-refractivity contribution >= 4 is 35.0 Å². The number of esters is 1. The van der Waals surface area contributed by atoms with Gasteiger partial charge in [0.25, 0.3) is 0 Å². The molecule has 1 aromatic rings. The van der Waals surface area contributed by atoms with Gasteiger partial charge >= 0.3 is 5.97 Å². The largest absolute Gasteiger partial charge is 0.467 e. The smallest absolute Gasteiger partial charge is 0.373 e. The van der Waals surface area contributed by atoms with E-state index in [-0.39, 0.29) is 11.5 Å². The molecule has 1 unspecified atom stereocenters. The third kappa shape index (κ3) is 2.46. The van der Waals surface area contributed by atoms with Gasteiger partial charge in [0.2, 0.25) is 11.5 Å². The lowest BCUT2D eigenvalue weighted by atomic mass is 9.92. The Bertz CT molecular complexity index is 574. The van der Waals surface area contributed by atoms with Gasteiger partial charge in [-0.25, -0.2) is 4.79 Å². The van der Waals surface area contributed by atoms with Crippen molar-refractivity contribution in [3.8, 4) is 0 Å².